The smallest absolute Gasteiger partial charge is 0.325 e. The maximum absolute atomic E-state index is 13.3. The van der Waals surface area contributed by atoms with Crippen molar-refractivity contribution in [2.24, 2.45) is 7.05 Å². The molecule has 0 atom stereocenters. The highest BCUT2D eigenvalue weighted by Crippen LogP contribution is 2.29. The minimum Gasteiger partial charge on any atom is -0.468 e. The van der Waals surface area contributed by atoms with Crippen LogP contribution in [0.5, 0.6) is 0 Å². The molecular formula is C26H25N5O4. The molecule has 1 N–H and O–H groups in total. The molecule has 9 nitrogen and oxygen atoms in total. The molecule has 3 aromatic heterocycles. The zero-order valence-electron chi connectivity index (χ0n) is 19.7. The molecule has 4 aromatic rings. The van der Waals surface area contributed by atoms with Gasteiger partial charge in [0.25, 0.3) is 11.5 Å². The molecule has 4 rings (SSSR count). The molecule has 0 radical (unpaired) electrons. The second-order valence-corrected chi connectivity index (χ2v) is 8.12. The number of esters is 1. The van der Waals surface area contributed by atoms with Gasteiger partial charge in [0, 0.05) is 42.5 Å². The third-order valence-corrected chi connectivity index (χ3v) is 5.71. The topological polar surface area (TPSA) is 108 Å². The van der Waals surface area contributed by atoms with Crippen molar-refractivity contribution in [3.05, 3.63) is 88.1 Å². The van der Waals surface area contributed by atoms with Crippen molar-refractivity contribution in [3.8, 4) is 11.1 Å². The van der Waals surface area contributed by atoms with Crippen molar-refractivity contribution < 1.29 is 14.3 Å². The van der Waals surface area contributed by atoms with Crippen LogP contribution in [0.3, 0.4) is 0 Å². The molecule has 0 unspecified atom stereocenters. The summed E-state index contributed by atoms with van der Waals surface area (Å²) < 4.78 is 7.58. The largest absolute Gasteiger partial charge is 0.468 e. The minimum absolute atomic E-state index is 0.109. The first kappa shape index (κ1) is 23.6. The number of amides is 1. The molecule has 0 bridgehead atoms. The maximum Gasteiger partial charge on any atom is 0.325 e. The van der Waals surface area contributed by atoms with E-state index < -0.39 is 17.4 Å². The highest BCUT2D eigenvalue weighted by atomic mass is 16.5. The number of ether oxygens (including phenoxy) is 1. The first-order valence-electron chi connectivity index (χ1n) is 10.9. The molecule has 0 aliphatic carbocycles. The third-order valence-electron chi connectivity index (χ3n) is 5.71. The summed E-state index contributed by atoms with van der Waals surface area (Å²) >= 11 is 0. The van der Waals surface area contributed by atoms with Gasteiger partial charge in [-0.2, -0.15) is 5.10 Å². The molecule has 0 aliphatic rings. The van der Waals surface area contributed by atoms with Crippen molar-refractivity contribution in [1.29, 1.82) is 0 Å². The van der Waals surface area contributed by atoms with Gasteiger partial charge in [0.1, 0.15) is 17.8 Å². The Morgan fingerprint density at radius 3 is 2.57 bits per heavy atom. The van der Waals surface area contributed by atoms with Gasteiger partial charge in [-0.05, 0) is 24.1 Å². The number of nitrogens with zero attached hydrogens (tertiary/aromatic N) is 4. The molecule has 178 valence electrons. The van der Waals surface area contributed by atoms with E-state index in [0.717, 1.165) is 26.8 Å². The van der Waals surface area contributed by atoms with Gasteiger partial charge in [0.05, 0.1) is 13.3 Å². The summed E-state index contributed by atoms with van der Waals surface area (Å²) in [6, 6.07) is 9.21. The molecule has 0 saturated carbocycles. The van der Waals surface area contributed by atoms with Crippen molar-refractivity contribution in [2.45, 2.75) is 20.0 Å². The van der Waals surface area contributed by atoms with Gasteiger partial charge in [-0.25, -0.2) is 4.98 Å². The van der Waals surface area contributed by atoms with E-state index in [0.29, 0.717) is 10.9 Å². The second kappa shape index (κ2) is 9.76. The lowest BCUT2D eigenvalue weighted by Gasteiger charge is -2.15. The number of aryl methyl sites for hydroxylation is 2. The van der Waals surface area contributed by atoms with E-state index in [-0.39, 0.29) is 24.3 Å². The number of pyridine rings is 2. The highest BCUT2D eigenvalue weighted by molar-refractivity contribution is 6.00. The lowest BCUT2D eigenvalue weighted by Crippen LogP contribution is -2.34. The lowest BCUT2D eigenvalue weighted by atomic mass is 10.00. The number of hydrogen-bond acceptors (Lipinski definition) is 6. The van der Waals surface area contributed by atoms with E-state index in [2.05, 4.69) is 22.0 Å². The number of carbonyl (C=O) groups is 2. The van der Waals surface area contributed by atoms with E-state index in [1.165, 1.54) is 13.2 Å². The fraction of sp³-hybridized carbons (Fsp3) is 0.192. The standard InChI is InChI=1S/C26H25N5O4/c1-5-19-20-10-21(25(33)28-11-17-8-6-16(2)7-9-17)26(34)31(15-23(32)35-4)24(20)27-13-22(19)18-12-29-30(3)14-18/h5-10,12-14H,1,11,15H2,2-4H3,(H,28,33). The fourth-order valence-corrected chi connectivity index (χ4v) is 3.83. The Labute approximate surface area is 201 Å². The number of nitrogens with one attached hydrogen (secondary N) is 1. The Kier molecular flexibility index (Phi) is 6.59. The zero-order valence-corrected chi connectivity index (χ0v) is 19.7. The van der Waals surface area contributed by atoms with Crippen LogP contribution in [0.15, 0.2) is 60.3 Å². The van der Waals surface area contributed by atoms with Crippen LogP contribution in [0.4, 0.5) is 0 Å². The average molecular weight is 472 g/mol. The molecule has 0 saturated heterocycles. The highest BCUT2D eigenvalue weighted by Gasteiger charge is 2.21. The molecule has 1 amide bonds. The molecular weight excluding hydrogens is 446 g/mol. The predicted octanol–water partition coefficient (Wildman–Crippen LogP) is 2.85. The number of carbonyl (C=O) groups excluding carboxylic acids is 2. The van der Waals surface area contributed by atoms with Gasteiger partial charge in [0.15, 0.2) is 0 Å². The first-order chi connectivity index (χ1) is 16.8. The van der Waals surface area contributed by atoms with Crippen LogP contribution >= 0.6 is 0 Å². The number of fused-ring (bicyclic) bond motifs is 1. The molecule has 0 aliphatic heterocycles. The van der Waals surface area contributed by atoms with Crippen molar-refractivity contribution in [2.75, 3.05) is 7.11 Å². The monoisotopic (exact) mass is 471 g/mol. The van der Waals surface area contributed by atoms with E-state index in [1.807, 2.05) is 37.4 Å². The number of hydrogen-bond donors (Lipinski definition) is 1. The van der Waals surface area contributed by atoms with Crippen LogP contribution in [-0.2, 0) is 29.7 Å². The van der Waals surface area contributed by atoms with Crippen LogP contribution in [0.25, 0.3) is 28.2 Å². The molecule has 1 aromatic carbocycles. The molecule has 9 heteroatoms. The van der Waals surface area contributed by atoms with E-state index in [9.17, 15) is 14.4 Å². The third kappa shape index (κ3) is 4.74. The summed E-state index contributed by atoms with van der Waals surface area (Å²) in [5.41, 5.74) is 3.69. The van der Waals surface area contributed by atoms with Gasteiger partial charge in [-0.15, -0.1) is 0 Å². The summed E-state index contributed by atoms with van der Waals surface area (Å²) in [6.45, 7) is 5.76. The molecule has 0 spiro atoms. The average Bonchev–Trinajstić information content (AvgIpc) is 3.29. The molecule has 35 heavy (non-hydrogen) atoms. The summed E-state index contributed by atoms with van der Waals surface area (Å²) in [5.74, 6) is -1.19. The Bertz CT molecular complexity index is 1500. The number of rotatable bonds is 7. The van der Waals surface area contributed by atoms with Crippen LogP contribution in [0.2, 0.25) is 0 Å². The number of aromatic nitrogens is 4. The van der Waals surface area contributed by atoms with Gasteiger partial charge in [-0.3, -0.25) is 23.6 Å². The van der Waals surface area contributed by atoms with Crippen LogP contribution in [-0.4, -0.2) is 38.3 Å². The van der Waals surface area contributed by atoms with Crippen LogP contribution < -0.4 is 10.9 Å². The molecule has 3 heterocycles. The van der Waals surface area contributed by atoms with Gasteiger partial charge in [0.2, 0.25) is 0 Å². The molecule has 0 fully saturated rings. The van der Waals surface area contributed by atoms with Gasteiger partial charge < -0.3 is 10.1 Å². The van der Waals surface area contributed by atoms with E-state index in [4.69, 9.17) is 4.74 Å². The van der Waals surface area contributed by atoms with E-state index in [1.54, 1.807) is 30.2 Å². The minimum atomic E-state index is -0.638. The number of benzene rings is 1. The maximum atomic E-state index is 13.3. The van der Waals surface area contributed by atoms with E-state index >= 15 is 0 Å². The normalized spacial score (nSPS) is 10.8. The summed E-state index contributed by atoms with van der Waals surface area (Å²) in [6.07, 6.45) is 6.75. The van der Waals surface area contributed by atoms with Crippen LogP contribution in [0, 0.1) is 6.92 Å². The Morgan fingerprint density at radius 1 is 1.20 bits per heavy atom. The fourth-order valence-electron chi connectivity index (χ4n) is 3.83. The predicted molar refractivity (Wildman–Crippen MR) is 133 cm³/mol. The van der Waals surface area contributed by atoms with Crippen LogP contribution in [0.1, 0.15) is 27.0 Å². The summed E-state index contributed by atoms with van der Waals surface area (Å²) in [5, 5.41) is 7.51. The van der Waals surface area contributed by atoms with Gasteiger partial charge >= 0.3 is 5.97 Å². The quantitative estimate of drug-likeness (QED) is 0.415. The first-order valence-corrected chi connectivity index (χ1v) is 10.9. The lowest BCUT2D eigenvalue weighted by molar-refractivity contribution is -0.141. The zero-order chi connectivity index (χ0) is 25.1. The SMILES string of the molecule is C=Cc1c(-c2cnn(C)c2)cnc2c1cc(C(=O)NCc1ccc(C)cc1)c(=O)n2CC(=O)OC. The summed E-state index contributed by atoms with van der Waals surface area (Å²) in [7, 11) is 3.03. The van der Waals surface area contributed by atoms with Gasteiger partial charge in [-0.1, -0.05) is 42.5 Å². The van der Waals surface area contributed by atoms with Crippen molar-refractivity contribution in [1.82, 2.24) is 24.6 Å². The van der Waals surface area contributed by atoms with Crippen molar-refractivity contribution in [3.63, 3.8) is 0 Å². The second-order valence-electron chi connectivity index (χ2n) is 8.12. The van der Waals surface area contributed by atoms with Crippen molar-refractivity contribution >= 4 is 29.0 Å². The number of methoxy groups -OCH3 is 1. The Morgan fingerprint density at radius 2 is 1.94 bits per heavy atom. The summed E-state index contributed by atoms with van der Waals surface area (Å²) in [4.78, 5) is 43.0. The Balaban J connectivity index is 1.85. The Hall–Kier alpha value is -4.53.